The molecule has 0 fully saturated rings. The monoisotopic (exact) mass is 285 g/mol. The maximum Gasteiger partial charge on any atom is 0.0681 e. The SMILES string of the molecule is CCc1c(C)nn(-c2ccc(C)cc2CC(N)CC)c1C. The van der Waals surface area contributed by atoms with Gasteiger partial charge in [-0.1, -0.05) is 31.5 Å². The highest BCUT2D eigenvalue weighted by Crippen LogP contribution is 2.23. The fourth-order valence-corrected chi connectivity index (χ4v) is 2.93. The molecule has 0 aliphatic rings. The van der Waals surface area contributed by atoms with Crippen LogP contribution in [0.3, 0.4) is 0 Å². The molecule has 0 spiro atoms. The third kappa shape index (κ3) is 3.18. The zero-order valence-corrected chi connectivity index (χ0v) is 13.9. The van der Waals surface area contributed by atoms with Crippen molar-refractivity contribution in [2.24, 2.45) is 5.73 Å². The summed E-state index contributed by atoms with van der Waals surface area (Å²) in [5, 5.41) is 4.75. The molecule has 0 saturated carbocycles. The van der Waals surface area contributed by atoms with Gasteiger partial charge in [0.05, 0.1) is 11.4 Å². The third-order valence-electron chi connectivity index (χ3n) is 4.26. The number of nitrogens with zero attached hydrogens (tertiary/aromatic N) is 2. The van der Waals surface area contributed by atoms with Crippen molar-refractivity contribution in [3.05, 3.63) is 46.3 Å². The average molecular weight is 285 g/mol. The van der Waals surface area contributed by atoms with Crippen LogP contribution >= 0.6 is 0 Å². The normalized spacial score (nSPS) is 12.7. The summed E-state index contributed by atoms with van der Waals surface area (Å²) in [6.45, 7) is 10.7. The van der Waals surface area contributed by atoms with E-state index in [-0.39, 0.29) is 6.04 Å². The molecular weight excluding hydrogens is 258 g/mol. The minimum atomic E-state index is 0.202. The van der Waals surface area contributed by atoms with Crippen molar-refractivity contribution in [3.63, 3.8) is 0 Å². The van der Waals surface area contributed by atoms with Crippen LogP contribution in [0.15, 0.2) is 18.2 Å². The van der Waals surface area contributed by atoms with Gasteiger partial charge >= 0.3 is 0 Å². The van der Waals surface area contributed by atoms with Crippen LogP contribution in [0.4, 0.5) is 0 Å². The highest BCUT2D eigenvalue weighted by Gasteiger charge is 2.15. The zero-order valence-electron chi connectivity index (χ0n) is 13.9. The molecule has 114 valence electrons. The smallest absolute Gasteiger partial charge is 0.0681 e. The van der Waals surface area contributed by atoms with Gasteiger partial charge in [-0.15, -0.1) is 0 Å². The van der Waals surface area contributed by atoms with Gasteiger partial charge in [0.15, 0.2) is 0 Å². The van der Waals surface area contributed by atoms with Gasteiger partial charge in [0.2, 0.25) is 0 Å². The number of rotatable bonds is 5. The second-order valence-electron chi connectivity index (χ2n) is 5.92. The summed E-state index contributed by atoms with van der Waals surface area (Å²) in [5.74, 6) is 0. The lowest BCUT2D eigenvalue weighted by Gasteiger charge is -2.15. The van der Waals surface area contributed by atoms with Crippen LogP contribution in [-0.2, 0) is 12.8 Å². The molecule has 2 aromatic rings. The lowest BCUT2D eigenvalue weighted by molar-refractivity contribution is 0.641. The topological polar surface area (TPSA) is 43.8 Å². The molecule has 0 bridgehead atoms. The van der Waals surface area contributed by atoms with Gasteiger partial charge in [-0.3, -0.25) is 0 Å². The van der Waals surface area contributed by atoms with Crippen LogP contribution in [0.2, 0.25) is 0 Å². The van der Waals surface area contributed by atoms with Crippen molar-refractivity contribution in [2.75, 3.05) is 0 Å². The summed E-state index contributed by atoms with van der Waals surface area (Å²) in [7, 11) is 0. The first-order valence-electron chi connectivity index (χ1n) is 7.88. The van der Waals surface area contributed by atoms with Gasteiger partial charge in [0, 0.05) is 11.7 Å². The highest BCUT2D eigenvalue weighted by molar-refractivity contribution is 5.46. The average Bonchev–Trinajstić information content (AvgIpc) is 2.73. The van der Waals surface area contributed by atoms with Crippen LogP contribution in [0.5, 0.6) is 0 Å². The van der Waals surface area contributed by atoms with E-state index in [1.165, 1.54) is 28.1 Å². The zero-order chi connectivity index (χ0) is 15.6. The Labute approximate surface area is 128 Å². The van der Waals surface area contributed by atoms with E-state index >= 15 is 0 Å². The lowest BCUT2D eigenvalue weighted by Crippen LogP contribution is -2.22. The van der Waals surface area contributed by atoms with E-state index in [1.807, 2.05) is 0 Å². The second kappa shape index (κ2) is 6.44. The minimum Gasteiger partial charge on any atom is -0.327 e. The van der Waals surface area contributed by atoms with Crippen molar-refractivity contribution in [1.29, 1.82) is 0 Å². The standard InChI is InChI=1S/C18H27N3/c1-6-16(19)11-15-10-12(3)8-9-18(15)21-14(5)17(7-2)13(4)20-21/h8-10,16H,6-7,11,19H2,1-5H3. The van der Waals surface area contributed by atoms with Gasteiger partial charge in [-0.05, 0) is 57.2 Å². The Morgan fingerprint density at radius 3 is 2.48 bits per heavy atom. The molecule has 1 unspecified atom stereocenters. The molecule has 1 aromatic heterocycles. The highest BCUT2D eigenvalue weighted by atomic mass is 15.3. The van der Waals surface area contributed by atoms with Crippen molar-refractivity contribution in [1.82, 2.24) is 9.78 Å². The van der Waals surface area contributed by atoms with Crippen LogP contribution in [0.1, 0.15) is 48.3 Å². The van der Waals surface area contributed by atoms with Crippen LogP contribution in [0.25, 0.3) is 5.69 Å². The first kappa shape index (κ1) is 15.8. The number of aromatic nitrogens is 2. The van der Waals surface area contributed by atoms with Gasteiger partial charge in [-0.2, -0.15) is 5.10 Å². The first-order chi connectivity index (χ1) is 9.97. The quantitative estimate of drug-likeness (QED) is 0.911. The maximum absolute atomic E-state index is 6.17. The maximum atomic E-state index is 6.17. The fourth-order valence-electron chi connectivity index (χ4n) is 2.93. The van der Waals surface area contributed by atoms with E-state index in [9.17, 15) is 0 Å². The summed E-state index contributed by atoms with van der Waals surface area (Å²) in [6.07, 6.45) is 2.91. The summed E-state index contributed by atoms with van der Waals surface area (Å²) in [6, 6.07) is 6.77. The van der Waals surface area contributed by atoms with E-state index < -0.39 is 0 Å². The number of nitrogens with two attached hydrogens (primary N) is 1. The Morgan fingerprint density at radius 2 is 1.90 bits per heavy atom. The predicted molar refractivity (Wildman–Crippen MR) is 89.1 cm³/mol. The fraction of sp³-hybridized carbons (Fsp3) is 0.500. The van der Waals surface area contributed by atoms with Crippen molar-refractivity contribution >= 4 is 0 Å². The van der Waals surface area contributed by atoms with Crippen LogP contribution in [-0.4, -0.2) is 15.8 Å². The van der Waals surface area contributed by atoms with Crippen molar-refractivity contribution in [2.45, 2.75) is 59.9 Å². The predicted octanol–water partition coefficient (Wildman–Crippen LogP) is 3.64. The molecule has 0 aliphatic heterocycles. The summed E-state index contributed by atoms with van der Waals surface area (Å²) in [5.41, 5.74) is 13.6. The number of benzene rings is 1. The second-order valence-corrected chi connectivity index (χ2v) is 5.92. The van der Waals surface area contributed by atoms with Gasteiger partial charge in [-0.25, -0.2) is 4.68 Å². The third-order valence-corrected chi connectivity index (χ3v) is 4.26. The Hall–Kier alpha value is -1.61. The minimum absolute atomic E-state index is 0.202. The van der Waals surface area contributed by atoms with Crippen molar-refractivity contribution in [3.8, 4) is 5.69 Å². The molecule has 2 N–H and O–H groups in total. The summed E-state index contributed by atoms with van der Waals surface area (Å²) >= 11 is 0. The van der Waals surface area contributed by atoms with Crippen LogP contribution in [0, 0.1) is 20.8 Å². The van der Waals surface area contributed by atoms with Crippen LogP contribution < -0.4 is 5.73 Å². The van der Waals surface area contributed by atoms with Gasteiger partial charge in [0.25, 0.3) is 0 Å². The van der Waals surface area contributed by atoms with E-state index in [0.29, 0.717) is 0 Å². The molecule has 0 radical (unpaired) electrons. The molecule has 1 heterocycles. The number of hydrogen-bond donors (Lipinski definition) is 1. The molecule has 1 aromatic carbocycles. The number of aryl methyl sites for hydroxylation is 2. The molecule has 21 heavy (non-hydrogen) atoms. The lowest BCUT2D eigenvalue weighted by atomic mass is 10.0. The van der Waals surface area contributed by atoms with Crippen molar-refractivity contribution < 1.29 is 0 Å². The Morgan fingerprint density at radius 1 is 1.19 bits per heavy atom. The van der Waals surface area contributed by atoms with E-state index in [2.05, 4.69) is 57.5 Å². The van der Waals surface area contributed by atoms with Gasteiger partial charge < -0.3 is 5.73 Å². The summed E-state index contributed by atoms with van der Waals surface area (Å²) < 4.78 is 2.09. The molecule has 3 nitrogen and oxygen atoms in total. The van der Waals surface area contributed by atoms with E-state index in [4.69, 9.17) is 10.8 Å². The molecule has 3 heteroatoms. The Bertz CT molecular complexity index is 626. The molecular formula is C18H27N3. The molecule has 1 atom stereocenters. The Kier molecular flexibility index (Phi) is 4.84. The van der Waals surface area contributed by atoms with Gasteiger partial charge in [0.1, 0.15) is 0 Å². The van der Waals surface area contributed by atoms with E-state index in [0.717, 1.165) is 25.0 Å². The molecule has 0 amide bonds. The molecule has 0 aliphatic carbocycles. The van der Waals surface area contributed by atoms with E-state index in [1.54, 1.807) is 0 Å². The molecule has 2 rings (SSSR count). The number of hydrogen-bond acceptors (Lipinski definition) is 2. The molecule has 0 saturated heterocycles. The largest absolute Gasteiger partial charge is 0.327 e. The first-order valence-corrected chi connectivity index (χ1v) is 7.88. The Balaban J connectivity index is 2.53. The summed E-state index contributed by atoms with van der Waals surface area (Å²) in [4.78, 5) is 0.